The summed E-state index contributed by atoms with van der Waals surface area (Å²) in [6, 6.07) is 7.81. The number of carbonyl (C=O) groups excluding carboxylic acids is 1. The molecule has 2 heterocycles. The second kappa shape index (κ2) is 4.33. The highest BCUT2D eigenvalue weighted by Gasteiger charge is 2.46. The van der Waals surface area contributed by atoms with Crippen LogP contribution in [0.5, 0.6) is 0 Å². The molecule has 92 valence electrons. The Balaban J connectivity index is 1.74. The number of aromatic nitrogens is 2. The van der Waals surface area contributed by atoms with Crippen molar-refractivity contribution < 1.29 is 9.53 Å². The van der Waals surface area contributed by atoms with Crippen LogP contribution in [0.2, 0.25) is 0 Å². The summed E-state index contributed by atoms with van der Waals surface area (Å²) in [6.45, 7) is 1.85. The lowest BCUT2D eigenvalue weighted by Crippen LogP contribution is -2.15. The van der Waals surface area contributed by atoms with Crippen molar-refractivity contribution in [2.24, 2.45) is 0 Å². The van der Waals surface area contributed by atoms with E-state index in [0.717, 1.165) is 15.7 Å². The van der Waals surface area contributed by atoms with E-state index < -0.39 is 0 Å². The van der Waals surface area contributed by atoms with Gasteiger partial charge in [-0.15, -0.1) is 0 Å². The molecule has 1 aliphatic heterocycles. The number of hydrogen-bond acceptors (Lipinski definition) is 3. The first-order valence-electron chi connectivity index (χ1n) is 5.61. The number of hydrogen-bond donors (Lipinski definition) is 0. The van der Waals surface area contributed by atoms with Gasteiger partial charge in [0.1, 0.15) is 12.4 Å². The van der Waals surface area contributed by atoms with Gasteiger partial charge in [-0.05, 0) is 24.6 Å². The topological polar surface area (TPSA) is 47.4 Å². The van der Waals surface area contributed by atoms with Crippen molar-refractivity contribution in [3.05, 3.63) is 52.5 Å². The quantitative estimate of drug-likeness (QED) is 0.802. The minimum Gasteiger partial charge on any atom is -0.354 e. The van der Waals surface area contributed by atoms with Crippen LogP contribution < -0.4 is 0 Å². The summed E-state index contributed by atoms with van der Waals surface area (Å²) >= 11 is 3.38. The molecule has 2 unspecified atom stereocenters. The van der Waals surface area contributed by atoms with Gasteiger partial charge in [-0.1, -0.05) is 28.1 Å². The van der Waals surface area contributed by atoms with Gasteiger partial charge in [0.25, 0.3) is 5.91 Å². The third-order valence-corrected chi connectivity index (χ3v) is 3.43. The van der Waals surface area contributed by atoms with E-state index >= 15 is 0 Å². The van der Waals surface area contributed by atoms with Gasteiger partial charge in [-0.3, -0.25) is 9.36 Å². The summed E-state index contributed by atoms with van der Waals surface area (Å²) in [5.74, 6) is -0.0662. The second-order valence-corrected chi connectivity index (χ2v) is 5.21. The van der Waals surface area contributed by atoms with E-state index in [1.165, 1.54) is 10.9 Å². The SMILES string of the molecule is Cc1cn(C(=O)C2OC2c2ccc(Br)cc2)cn1. The molecule has 18 heavy (non-hydrogen) atoms. The maximum absolute atomic E-state index is 12.1. The zero-order valence-corrected chi connectivity index (χ0v) is 11.3. The van der Waals surface area contributed by atoms with Crippen molar-refractivity contribution in [2.45, 2.75) is 19.1 Å². The van der Waals surface area contributed by atoms with Crippen LogP contribution in [0.4, 0.5) is 0 Å². The van der Waals surface area contributed by atoms with Crippen LogP contribution in [0.25, 0.3) is 0 Å². The van der Waals surface area contributed by atoms with Gasteiger partial charge in [0.2, 0.25) is 0 Å². The molecular formula is C13H11BrN2O2. The third-order valence-electron chi connectivity index (χ3n) is 2.90. The Morgan fingerprint density at radius 2 is 2.11 bits per heavy atom. The van der Waals surface area contributed by atoms with Gasteiger partial charge in [0.05, 0.1) is 5.69 Å². The van der Waals surface area contributed by atoms with Crippen molar-refractivity contribution in [3.63, 3.8) is 0 Å². The molecule has 1 saturated heterocycles. The molecule has 2 aromatic rings. The van der Waals surface area contributed by atoms with E-state index in [0.29, 0.717) is 0 Å². The average molecular weight is 307 g/mol. The molecule has 1 aliphatic rings. The van der Waals surface area contributed by atoms with E-state index in [2.05, 4.69) is 20.9 Å². The molecule has 0 aliphatic carbocycles. The van der Waals surface area contributed by atoms with E-state index in [4.69, 9.17) is 4.74 Å². The number of imidazole rings is 1. The van der Waals surface area contributed by atoms with Crippen molar-refractivity contribution in [3.8, 4) is 0 Å². The predicted molar refractivity (Wildman–Crippen MR) is 69.3 cm³/mol. The Morgan fingerprint density at radius 3 is 2.72 bits per heavy atom. The Bertz CT molecular complexity index is 591. The number of rotatable bonds is 2. The largest absolute Gasteiger partial charge is 0.354 e. The fourth-order valence-corrected chi connectivity index (χ4v) is 2.16. The van der Waals surface area contributed by atoms with Crippen molar-refractivity contribution in [2.75, 3.05) is 0 Å². The summed E-state index contributed by atoms with van der Waals surface area (Å²) in [5.41, 5.74) is 1.84. The van der Waals surface area contributed by atoms with Gasteiger partial charge >= 0.3 is 0 Å². The minimum atomic E-state index is -0.389. The third kappa shape index (κ3) is 2.11. The number of carbonyl (C=O) groups is 1. The molecule has 2 atom stereocenters. The smallest absolute Gasteiger partial charge is 0.264 e. The van der Waals surface area contributed by atoms with Crippen LogP contribution in [0.3, 0.4) is 0 Å². The zero-order valence-electron chi connectivity index (χ0n) is 9.71. The predicted octanol–water partition coefficient (Wildman–Crippen LogP) is 2.73. The fourth-order valence-electron chi connectivity index (χ4n) is 1.89. The summed E-state index contributed by atoms with van der Waals surface area (Å²) in [4.78, 5) is 16.1. The molecule has 0 N–H and O–H groups in total. The van der Waals surface area contributed by atoms with Crippen LogP contribution in [0.1, 0.15) is 22.2 Å². The van der Waals surface area contributed by atoms with E-state index in [1.54, 1.807) is 6.20 Å². The van der Waals surface area contributed by atoms with Gasteiger partial charge in [-0.2, -0.15) is 0 Å². The van der Waals surface area contributed by atoms with Gasteiger partial charge in [0, 0.05) is 10.7 Å². The number of aryl methyl sites for hydroxylation is 1. The van der Waals surface area contributed by atoms with Crippen LogP contribution >= 0.6 is 15.9 Å². The van der Waals surface area contributed by atoms with Crippen LogP contribution in [-0.4, -0.2) is 21.6 Å². The highest BCUT2D eigenvalue weighted by molar-refractivity contribution is 9.10. The maximum Gasteiger partial charge on any atom is 0.264 e. The molecule has 0 saturated carbocycles. The summed E-state index contributed by atoms with van der Waals surface area (Å²) in [6.07, 6.45) is 2.72. The van der Waals surface area contributed by atoms with E-state index in [1.807, 2.05) is 31.2 Å². The van der Waals surface area contributed by atoms with Crippen molar-refractivity contribution in [1.29, 1.82) is 0 Å². The van der Waals surface area contributed by atoms with Crippen LogP contribution in [0, 0.1) is 6.92 Å². The number of ether oxygens (including phenoxy) is 1. The molecule has 3 rings (SSSR count). The van der Waals surface area contributed by atoms with Crippen LogP contribution in [0.15, 0.2) is 41.3 Å². The number of nitrogens with zero attached hydrogens (tertiary/aromatic N) is 2. The number of benzene rings is 1. The Labute approximate surface area is 113 Å². The van der Waals surface area contributed by atoms with Crippen molar-refractivity contribution in [1.82, 2.24) is 9.55 Å². The summed E-state index contributed by atoms with van der Waals surface area (Å²) in [5, 5.41) is 0. The van der Waals surface area contributed by atoms with E-state index in [9.17, 15) is 4.79 Å². The molecule has 5 heteroatoms. The molecule has 4 nitrogen and oxygen atoms in total. The van der Waals surface area contributed by atoms with Gasteiger partial charge in [0.15, 0.2) is 6.10 Å². The zero-order chi connectivity index (χ0) is 12.7. The maximum atomic E-state index is 12.1. The fraction of sp³-hybridized carbons (Fsp3) is 0.231. The molecule has 1 aromatic heterocycles. The first kappa shape index (κ1) is 11.6. The molecule has 0 spiro atoms. The summed E-state index contributed by atoms with van der Waals surface area (Å²) in [7, 11) is 0. The normalized spacial score (nSPS) is 21.9. The highest BCUT2D eigenvalue weighted by atomic mass is 79.9. The lowest BCUT2D eigenvalue weighted by atomic mass is 10.1. The van der Waals surface area contributed by atoms with E-state index in [-0.39, 0.29) is 18.1 Å². The molecular weight excluding hydrogens is 296 g/mol. The van der Waals surface area contributed by atoms with Gasteiger partial charge < -0.3 is 4.74 Å². The molecule has 1 aromatic carbocycles. The first-order valence-corrected chi connectivity index (χ1v) is 6.40. The Morgan fingerprint density at radius 1 is 1.39 bits per heavy atom. The summed E-state index contributed by atoms with van der Waals surface area (Å²) < 4.78 is 7.95. The number of epoxide rings is 1. The lowest BCUT2D eigenvalue weighted by Gasteiger charge is -1.97. The first-order chi connectivity index (χ1) is 8.65. The Hall–Kier alpha value is -1.46. The molecule has 1 fully saturated rings. The molecule has 0 amide bonds. The monoisotopic (exact) mass is 306 g/mol. The molecule has 0 bridgehead atoms. The van der Waals surface area contributed by atoms with Crippen LogP contribution in [-0.2, 0) is 4.74 Å². The standard InChI is InChI=1S/C13H11BrN2O2/c1-8-6-16(7-15-8)13(17)12-11(18-12)9-2-4-10(14)5-3-9/h2-7,11-12H,1H3. The van der Waals surface area contributed by atoms with Gasteiger partial charge in [-0.25, -0.2) is 4.98 Å². The average Bonchev–Trinajstić information content (AvgIpc) is 3.04. The number of halogens is 1. The van der Waals surface area contributed by atoms with Crippen molar-refractivity contribution >= 4 is 21.8 Å². The minimum absolute atomic E-state index is 0.0662. The molecule has 0 radical (unpaired) electrons. The Kier molecular flexibility index (Phi) is 2.80. The lowest BCUT2D eigenvalue weighted by molar-refractivity contribution is 0.0871. The highest BCUT2D eigenvalue weighted by Crippen LogP contribution is 2.39. The second-order valence-electron chi connectivity index (χ2n) is 4.29.